The van der Waals surface area contributed by atoms with Gasteiger partial charge in [0.2, 0.25) is 0 Å². The van der Waals surface area contributed by atoms with Crippen LogP contribution in [0.4, 0.5) is 0 Å². The first-order valence-corrected chi connectivity index (χ1v) is 6.33. The van der Waals surface area contributed by atoms with E-state index < -0.39 is 0 Å². The van der Waals surface area contributed by atoms with Crippen LogP contribution in [0.2, 0.25) is 0 Å². The highest BCUT2D eigenvalue weighted by atomic mass is 14.9. The lowest BCUT2D eigenvalue weighted by Gasteiger charge is -2.11. The van der Waals surface area contributed by atoms with Crippen molar-refractivity contribution in [2.24, 2.45) is 23.2 Å². The van der Waals surface area contributed by atoms with Crippen LogP contribution in [0.3, 0.4) is 0 Å². The van der Waals surface area contributed by atoms with E-state index in [0.717, 1.165) is 23.2 Å². The van der Waals surface area contributed by atoms with Gasteiger partial charge in [-0.3, -0.25) is 0 Å². The van der Waals surface area contributed by atoms with Crippen molar-refractivity contribution in [3.63, 3.8) is 0 Å². The van der Waals surface area contributed by atoms with Gasteiger partial charge in [-0.15, -0.1) is 0 Å². The van der Waals surface area contributed by atoms with E-state index in [9.17, 15) is 0 Å². The Bertz CT molecular complexity index is 199. The number of rotatable bonds is 4. The molecule has 1 heteroatoms. The maximum atomic E-state index is 3.61. The zero-order valence-corrected chi connectivity index (χ0v) is 9.97. The molecular formula is C13H25N. The summed E-state index contributed by atoms with van der Waals surface area (Å²) in [4.78, 5) is 0. The minimum Gasteiger partial charge on any atom is -0.316 e. The molecule has 0 aromatic carbocycles. The molecule has 0 bridgehead atoms. The van der Waals surface area contributed by atoms with Crippen molar-refractivity contribution in [2.75, 3.05) is 13.1 Å². The van der Waals surface area contributed by atoms with Gasteiger partial charge in [0, 0.05) is 0 Å². The third kappa shape index (κ3) is 2.13. The Morgan fingerprint density at radius 2 is 2.14 bits per heavy atom. The summed E-state index contributed by atoms with van der Waals surface area (Å²) in [5.41, 5.74) is 0.809. The second-order valence-corrected chi connectivity index (χ2v) is 6.16. The molecule has 0 aliphatic heterocycles. The first-order valence-electron chi connectivity index (χ1n) is 6.33. The molecule has 0 aromatic rings. The number of hydrogen-bond donors (Lipinski definition) is 1. The predicted molar refractivity (Wildman–Crippen MR) is 61.3 cm³/mol. The standard InChI is InChI=1S/C13H25N/c1-10(2)8-14-9-12-7-13(12)5-4-11(3)6-13/h10-12,14H,4-9H2,1-3H3. The van der Waals surface area contributed by atoms with Gasteiger partial charge in [-0.2, -0.15) is 0 Å². The SMILES string of the molecule is CC(C)CNCC1CC12CCC(C)C2. The Morgan fingerprint density at radius 3 is 2.71 bits per heavy atom. The lowest BCUT2D eigenvalue weighted by molar-refractivity contribution is 0.426. The fourth-order valence-corrected chi connectivity index (χ4v) is 3.25. The van der Waals surface area contributed by atoms with E-state index in [1.165, 1.54) is 38.8 Å². The maximum absolute atomic E-state index is 3.61. The molecule has 0 aromatic heterocycles. The molecule has 1 N–H and O–H groups in total. The summed E-state index contributed by atoms with van der Waals surface area (Å²) in [6, 6.07) is 0. The minimum atomic E-state index is 0.798. The second kappa shape index (κ2) is 3.84. The molecule has 2 saturated carbocycles. The van der Waals surface area contributed by atoms with Crippen molar-refractivity contribution in [3.05, 3.63) is 0 Å². The number of nitrogens with one attached hydrogen (secondary N) is 1. The summed E-state index contributed by atoms with van der Waals surface area (Å²) in [5, 5.41) is 3.61. The van der Waals surface area contributed by atoms with Gasteiger partial charge in [-0.05, 0) is 55.5 Å². The summed E-state index contributed by atoms with van der Waals surface area (Å²) in [6.45, 7) is 9.47. The minimum absolute atomic E-state index is 0.798. The Kier molecular flexibility index (Phi) is 2.88. The van der Waals surface area contributed by atoms with E-state index >= 15 is 0 Å². The van der Waals surface area contributed by atoms with Gasteiger partial charge < -0.3 is 5.32 Å². The van der Waals surface area contributed by atoms with Crippen LogP contribution in [-0.4, -0.2) is 13.1 Å². The predicted octanol–water partition coefficient (Wildman–Crippen LogP) is 3.06. The van der Waals surface area contributed by atoms with Crippen LogP contribution in [0, 0.1) is 23.2 Å². The largest absolute Gasteiger partial charge is 0.316 e. The third-order valence-corrected chi connectivity index (χ3v) is 4.19. The molecule has 2 aliphatic carbocycles. The zero-order chi connectivity index (χ0) is 10.2. The first-order chi connectivity index (χ1) is 6.62. The molecule has 2 rings (SSSR count). The lowest BCUT2D eigenvalue weighted by Crippen LogP contribution is -2.23. The highest BCUT2D eigenvalue weighted by Crippen LogP contribution is 2.63. The highest BCUT2D eigenvalue weighted by Gasteiger charge is 2.55. The summed E-state index contributed by atoms with van der Waals surface area (Å²) in [6.07, 6.45) is 6.03. The molecule has 14 heavy (non-hydrogen) atoms. The summed E-state index contributed by atoms with van der Waals surface area (Å²) in [5.74, 6) is 2.82. The monoisotopic (exact) mass is 195 g/mol. The summed E-state index contributed by atoms with van der Waals surface area (Å²) >= 11 is 0. The van der Waals surface area contributed by atoms with Crippen LogP contribution in [0.5, 0.6) is 0 Å². The Balaban J connectivity index is 1.66. The number of hydrogen-bond acceptors (Lipinski definition) is 1. The van der Waals surface area contributed by atoms with E-state index in [1.807, 2.05) is 0 Å². The van der Waals surface area contributed by atoms with Crippen molar-refractivity contribution >= 4 is 0 Å². The normalized spacial score (nSPS) is 41.1. The fourth-order valence-electron chi connectivity index (χ4n) is 3.25. The van der Waals surface area contributed by atoms with Crippen LogP contribution in [0.25, 0.3) is 0 Å². The Morgan fingerprint density at radius 1 is 1.36 bits per heavy atom. The summed E-state index contributed by atoms with van der Waals surface area (Å²) < 4.78 is 0. The second-order valence-electron chi connectivity index (χ2n) is 6.16. The molecule has 0 amide bonds. The van der Waals surface area contributed by atoms with Crippen LogP contribution >= 0.6 is 0 Å². The molecule has 0 heterocycles. The van der Waals surface area contributed by atoms with E-state index in [0.29, 0.717) is 0 Å². The van der Waals surface area contributed by atoms with Crippen molar-refractivity contribution in [3.8, 4) is 0 Å². The van der Waals surface area contributed by atoms with Gasteiger partial charge in [0.15, 0.2) is 0 Å². The molecule has 1 spiro atoms. The molecule has 2 aliphatic rings. The summed E-state index contributed by atoms with van der Waals surface area (Å²) in [7, 11) is 0. The van der Waals surface area contributed by atoms with Gasteiger partial charge in [0.05, 0.1) is 0 Å². The van der Waals surface area contributed by atoms with E-state index in [4.69, 9.17) is 0 Å². The lowest BCUT2D eigenvalue weighted by atomic mass is 10.0. The van der Waals surface area contributed by atoms with Gasteiger partial charge in [0.1, 0.15) is 0 Å². The zero-order valence-electron chi connectivity index (χ0n) is 9.97. The van der Waals surface area contributed by atoms with Crippen LogP contribution < -0.4 is 5.32 Å². The molecule has 2 fully saturated rings. The van der Waals surface area contributed by atoms with Crippen molar-refractivity contribution in [1.29, 1.82) is 0 Å². The van der Waals surface area contributed by atoms with Gasteiger partial charge in [0.25, 0.3) is 0 Å². The maximum Gasteiger partial charge on any atom is -0.00149 e. The van der Waals surface area contributed by atoms with E-state index in [2.05, 4.69) is 26.1 Å². The highest BCUT2D eigenvalue weighted by molar-refractivity contribution is 5.06. The van der Waals surface area contributed by atoms with Crippen LogP contribution in [0.1, 0.15) is 46.5 Å². The topological polar surface area (TPSA) is 12.0 Å². The van der Waals surface area contributed by atoms with Crippen LogP contribution in [-0.2, 0) is 0 Å². The molecular weight excluding hydrogens is 170 g/mol. The average Bonchev–Trinajstić information content (AvgIpc) is 2.60. The Hall–Kier alpha value is -0.0400. The van der Waals surface area contributed by atoms with Gasteiger partial charge >= 0.3 is 0 Å². The fraction of sp³-hybridized carbons (Fsp3) is 1.00. The molecule has 3 unspecified atom stereocenters. The van der Waals surface area contributed by atoms with E-state index in [1.54, 1.807) is 0 Å². The smallest absolute Gasteiger partial charge is 0.00149 e. The molecule has 1 nitrogen and oxygen atoms in total. The van der Waals surface area contributed by atoms with Gasteiger partial charge in [-0.25, -0.2) is 0 Å². The van der Waals surface area contributed by atoms with E-state index in [-0.39, 0.29) is 0 Å². The Labute approximate surface area is 88.7 Å². The quantitative estimate of drug-likeness (QED) is 0.727. The third-order valence-electron chi connectivity index (χ3n) is 4.19. The van der Waals surface area contributed by atoms with Crippen molar-refractivity contribution < 1.29 is 0 Å². The van der Waals surface area contributed by atoms with Gasteiger partial charge in [-0.1, -0.05) is 27.2 Å². The molecule has 82 valence electrons. The van der Waals surface area contributed by atoms with Crippen LogP contribution in [0.15, 0.2) is 0 Å². The molecule has 0 radical (unpaired) electrons. The molecule has 0 saturated heterocycles. The molecule has 3 atom stereocenters. The van der Waals surface area contributed by atoms with Crippen molar-refractivity contribution in [2.45, 2.75) is 46.5 Å². The average molecular weight is 195 g/mol. The first kappa shape index (κ1) is 10.5. The van der Waals surface area contributed by atoms with Crippen molar-refractivity contribution in [1.82, 2.24) is 5.32 Å².